The molecule has 2 heterocycles. The van der Waals surface area contributed by atoms with Gasteiger partial charge in [-0.1, -0.05) is 12.1 Å². The van der Waals surface area contributed by atoms with Crippen molar-refractivity contribution in [2.45, 2.75) is 31.9 Å². The molecule has 1 aliphatic heterocycles. The maximum atomic E-state index is 12.4. The summed E-state index contributed by atoms with van der Waals surface area (Å²) < 4.78 is 7.86. The van der Waals surface area contributed by atoms with E-state index in [1.54, 1.807) is 10.9 Å². The van der Waals surface area contributed by atoms with Gasteiger partial charge in [0.15, 0.2) is 0 Å². The van der Waals surface area contributed by atoms with Crippen LogP contribution >= 0.6 is 0 Å². The zero-order chi connectivity index (χ0) is 18.5. The monoisotopic (exact) mass is 357 g/mol. The zero-order valence-electron chi connectivity index (χ0n) is 15.6. The first-order valence-electron chi connectivity index (χ1n) is 9.01. The number of para-hydroxylation sites is 2. The van der Waals surface area contributed by atoms with Gasteiger partial charge in [-0.05, 0) is 38.9 Å². The molecule has 0 aliphatic carbocycles. The lowest BCUT2D eigenvalue weighted by molar-refractivity contribution is 0.115. The van der Waals surface area contributed by atoms with Gasteiger partial charge in [0.1, 0.15) is 11.9 Å². The maximum absolute atomic E-state index is 12.4. The molecule has 140 valence electrons. The van der Waals surface area contributed by atoms with Crippen molar-refractivity contribution in [1.82, 2.24) is 20.0 Å². The van der Waals surface area contributed by atoms with E-state index in [1.807, 2.05) is 44.4 Å². The fraction of sp³-hybridized carbons (Fsp3) is 0.474. The van der Waals surface area contributed by atoms with Gasteiger partial charge < -0.3 is 20.3 Å². The molecule has 7 nitrogen and oxygen atoms in total. The first kappa shape index (κ1) is 18.3. The van der Waals surface area contributed by atoms with Gasteiger partial charge >= 0.3 is 6.03 Å². The number of carbonyl (C=O) groups excluding carboxylic acids is 1. The summed E-state index contributed by atoms with van der Waals surface area (Å²) in [4.78, 5) is 14.7. The molecule has 2 N–H and O–H groups in total. The molecule has 1 atom stereocenters. The molecule has 0 saturated carbocycles. The second kappa shape index (κ2) is 8.23. The number of piperidine rings is 1. The van der Waals surface area contributed by atoms with E-state index in [-0.39, 0.29) is 18.2 Å². The number of rotatable bonds is 5. The Balaban J connectivity index is 1.59. The number of benzene rings is 1. The zero-order valence-corrected chi connectivity index (χ0v) is 15.6. The van der Waals surface area contributed by atoms with E-state index >= 15 is 0 Å². The molecule has 0 radical (unpaired) electrons. The quantitative estimate of drug-likeness (QED) is 0.863. The number of nitrogens with one attached hydrogen (secondary N) is 2. The van der Waals surface area contributed by atoms with Crippen molar-refractivity contribution < 1.29 is 9.53 Å². The normalized spacial score (nSPS) is 16.9. The van der Waals surface area contributed by atoms with Crippen LogP contribution in [0.25, 0.3) is 0 Å². The smallest absolute Gasteiger partial charge is 0.319 e. The second-order valence-electron chi connectivity index (χ2n) is 6.88. The topological polar surface area (TPSA) is 71.4 Å². The molecule has 3 rings (SSSR count). The molecule has 1 saturated heterocycles. The highest BCUT2D eigenvalue weighted by atomic mass is 16.5. The lowest BCUT2D eigenvalue weighted by atomic mass is 10.1. The minimum absolute atomic E-state index is 0.134. The van der Waals surface area contributed by atoms with Gasteiger partial charge in [0, 0.05) is 31.9 Å². The molecule has 0 unspecified atom stereocenters. The average molecular weight is 357 g/mol. The largest absolute Gasteiger partial charge is 0.488 e. The number of hydrogen-bond donors (Lipinski definition) is 2. The number of urea groups is 1. The number of aromatic nitrogens is 2. The Bertz CT molecular complexity index is 737. The van der Waals surface area contributed by atoms with Crippen LogP contribution in [-0.4, -0.2) is 47.0 Å². The van der Waals surface area contributed by atoms with E-state index < -0.39 is 0 Å². The van der Waals surface area contributed by atoms with E-state index in [0.717, 1.165) is 31.5 Å². The van der Waals surface area contributed by atoms with Crippen molar-refractivity contribution in [3.63, 3.8) is 0 Å². The fourth-order valence-electron chi connectivity index (χ4n) is 3.06. The van der Waals surface area contributed by atoms with Crippen LogP contribution in [0.1, 0.15) is 31.4 Å². The highest BCUT2D eigenvalue weighted by Crippen LogP contribution is 2.27. The Labute approximate surface area is 154 Å². The number of amides is 2. The highest BCUT2D eigenvalue weighted by molar-refractivity contribution is 5.91. The average Bonchev–Trinajstić information content (AvgIpc) is 3.05. The van der Waals surface area contributed by atoms with E-state index in [1.165, 1.54) is 0 Å². The van der Waals surface area contributed by atoms with Gasteiger partial charge in [-0.3, -0.25) is 4.68 Å². The molecule has 2 amide bonds. The summed E-state index contributed by atoms with van der Waals surface area (Å²) in [6, 6.07) is 7.18. The summed E-state index contributed by atoms with van der Waals surface area (Å²) in [5.74, 6) is 0.714. The van der Waals surface area contributed by atoms with Gasteiger partial charge in [-0.2, -0.15) is 5.10 Å². The summed E-state index contributed by atoms with van der Waals surface area (Å²) in [6.45, 7) is 3.99. The molecule has 0 bridgehead atoms. The van der Waals surface area contributed by atoms with Crippen molar-refractivity contribution in [3.05, 3.63) is 42.2 Å². The first-order valence-corrected chi connectivity index (χ1v) is 9.01. The molecule has 1 aromatic carbocycles. The van der Waals surface area contributed by atoms with Crippen LogP contribution in [0.3, 0.4) is 0 Å². The van der Waals surface area contributed by atoms with E-state index in [0.29, 0.717) is 11.4 Å². The van der Waals surface area contributed by atoms with Crippen LogP contribution < -0.4 is 15.4 Å². The Morgan fingerprint density at radius 2 is 2.00 bits per heavy atom. The van der Waals surface area contributed by atoms with Crippen LogP contribution in [0.4, 0.5) is 10.5 Å². The number of hydrogen-bond acceptors (Lipinski definition) is 4. The summed E-state index contributed by atoms with van der Waals surface area (Å²) >= 11 is 0. The van der Waals surface area contributed by atoms with Crippen molar-refractivity contribution in [2.24, 2.45) is 7.05 Å². The number of aryl methyl sites for hydroxylation is 1. The van der Waals surface area contributed by atoms with Gasteiger partial charge in [-0.15, -0.1) is 0 Å². The van der Waals surface area contributed by atoms with Crippen LogP contribution in [0.2, 0.25) is 0 Å². The molecule has 0 spiro atoms. The van der Waals surface area contributed by atoms with E-state index in [4.69, 9.17) is 4.74 Å². The Morgan fingerprint density at radius 3 is 2.69 bits per heavy atom. The summed E-state index contributed by atoms with van der Waals surface area (Å²) in [6.07, 6.45) is 5.82. The third-order valence-corrected chi connectivity index (χ3v) is 4.67. The summed E-state index contributed by atoms with van der Waals surface area (Å²) in [5.41, 5.74) is 1.64. The van der Waals surface area contributed by atoms with Crippen molar-refractivity contribution >= 4 is 11.7 Å². The number of ether oxygens (including phenoxy) is 1. The lowest BCUT2D eigenvalue weighted by Crippen LogP contribution is -2.36. The predicted octanol–water partition coefficient (Wildman–Crippen LogP) is 2.78. The Morgan fingerprint density at radius 1 is 1.27 bits per heavy atom. The number of anilines is 1. The minimum atomic E-state index is -0.263. The predicted molar refractivity (Wildman–Crippen MR) is 101 cm³/mol. The maximum Gasteiger partial charge on any atom is 0.319 e. The SMILES string of the molecule is C[C@H](NC(=O)Nc1ccccc1OC1CCN(C)CC1)c1cnn(C)c1. The summed E-state index contributed by atoms with van der Waals surface area (Å²) in [5, 5.41) is 9.97. The van der Waals surface area contributed by atoms with E-state index in [2.05, 4.69) is 27.7 Å². The van der Waals surface area contributed by atoms with Gasteiger partial charge in [0.2, 0.25) is 0 Å². The molecule has 1 aromatic heterocycles. The molecule has 1 fully saturated rings. The van der Waals surface area contributed by atoms with Gasteiger partial charge in [-0.25, -0.2) is 4.79 Å². The van der Waals surface area contributed by atoms with Crippen LogP contribution in [0, 0.1) is 0 Å². The molecule has 7 heteroatoms. The summed E-state index contributed by atoms with van der Waals surface area (Å²) in [7, 11) is 3.98. The highest BCUT2D eigenvalue weighted by Gasteiger charge is 2.20. The molecule has 26 heavy (non-hydrogen) atoms. The third-order valence-electron chi connectivity index (χ3n) is 4.67. The first-order chi connectivity index (χ1) is 12.5. The molecule has 1 aliphatic rings. The van der Waals surface area contributed by atoms with Crippen molar-refractivity contribution in [1.29, 1.82) is 0 Å². The van der Waals surface area contributed by atoms with Crippen molar-refractivity contribution in [3.8, 4) is 5.75 Å². The lowest BCUT2D eigenvalue weighted by Gasteiger charge is -2.29. The van der Waals surface area contributed by atoms with Crippen LogP contribution in [0.5, 0.6) is 5.75 Å². The number of likely N-dealkylation sites (tertiary alicyclic amines) is 1. The molecule has 2 aromatic rings. The Hall–Kier alpha value is -2.54. The molecular weight excluding hydrogens is 330 g/mol. The van der Waals surface area contributed by atoms with Crippen molar-refractivity contribution in [2.75, 3.05) is 25.5 Å². The van der Waals surface area contributed by atoms with Crippen LogP contribution in [-0.2, 0) is 7.05 Å². The third kappa shape index (κ3) is 4.76. The van der Waals surface area contributed by atoms with Gasteiger partial charge in [0.05, 0.1) is 17.9 Å². The molecular formula is C19H27N5O2. The second-order valence-corrected chi connectivity index (χ2v) is 6.88. The standard InChI is InChI=1S/C19H27N5O2/c1-14(15-12-20-24(3)13-15)21-19(25)22-17-6-4-5-7-18(17)26-16-8-10-23(2)11-9-16/h4-7,12-14,16H,8-11H2,1-3H3,(H2,21,22,25)/t14-/m0/s1. The minimum Gasteiger partial charge on any atom is -0.488 e. The van der Waals surface area contributed by atoms with E-state index in [9.17, 15) is 4.79 Å². The fourth-order valence-corrected chi connectivity index (χ4v) is 3.06. The number of carbonyl (C=O) groups is 1. The van der Waals surface area contributed by atoms with Crippen LogP contribution in [0.15, 0.2) is 36.7 Å². The number of nitrogens with zero attached hydrogens (tertiary/aromatic N) is 3. The Kier molecular flexibility index (Phi) is 5.78. The van der Waals surface area contributed by atoms with Gasteiger partial charge in [0.25, 0.3) is 0 Å².